The van der Waals surface area contributed by atoms with Crippen molar-refractivity contribution in [1.29, 1.82) is 0 Å². The van der Waals surface area contributed by atoms with Crippen LogP contribution in [0.3, 0.4) is 0 Å². The number of rotatable bonds is 3. The van der Waals surface area contributed by atoms with Gasteiger partial charge in [0, 0.05) is 13.0 Å². The Morgan fingerprint density at radius 1 is 1.38 bits per heavy atom. The van der Waals surface area contributed by atoms with Crippen LogP contribution in [0.1, 0.15) is 18.0 Å². The van der Waals surface area contributed by atoms with Gasteiger partial charge in [-0.1, -0.05) is 30.3 Å². The molecule has 1 aromatic carbocycles. The molecule has 1 aromatic rings. The van der Waals surface area contributed by atoms with Crippen molar-refractivity contribution in [2.45, 2.75) is 12.5 Å². The number of amides is 1. The fourth-order valence-electron chi connectivity index (χ4n) is 1.80. The van der Waals surface area contributed by atoms with Gasteiger partial charge in [-0.15, -0.1) is 0 Å². The van der Waals surface area contributed by atoms with Gasteiger partial charge in [-0.25, -0.2) is 4.79 Å². The van der Waals surface area contributed by atoms with Crippen molar-refractivity contribution in [3.63, 3.8) is 0 Å². The zero-order valence-corrected chi connectivity index (χ0v) is 9.05. The summed E-state index contributed by atoms with van der Waals surface area (Å²) in [5.41, 5.74) is 0.794. The number of nitrogens with zero attached hydrogens (tertiary/aromatic N) is 1. The number of benzene rings is 1. The summed E-state index contributed by atoms with van der Waals surface area (Å²) in [7, 11) is 1.34. The number of hydrogen-bond acceptors (Lipinski definition) is 3. The van der Waals surface area contributed by atoms with E-state index in [4.69, 9.17) is 4.74 Å². The van der Waals surface area contributed by atoms with Crippen molar-refractivity contribution in [2.24, 2.45) is 0 Å². The van der Waals surface area contributed by atoms with E-state index in [1.54, 1.807) is 4.90 Å². The molecule has 1 unspecified atom stereocenters. The molecule has 0 spiro atoms. The lowest BCUT2D eigenvalue weighted by atomic mass is 10.0. The smallest absolute Gasteiger partial charge is 0.333 e. The number of β-lactam (4-membered cyclic amide) rings is 1. The molecule has 84 valence electrons. The lowest BCUT2D eigenvalue weighted by molar-refractivity contribution is -0.158. The first kappa shape index (κ1) is 10.7. The van der Waals surface area contributed by atoms with Crippen molar-refractivity contribution in [3.8, 4) is 0 Å². The van der Waals surface area contributed by atoms with E-state index in [0.29, 0.717) is 13.0 Å². The lowest BCUT2D eigenvalue weighted by Gasteiger charge is -2.36. The second-order valence-electron chi connectivity index (χ2n) is 3.67. The third kappa shape index (κ3) is 1.78. The van der Waals surface area contributed by atoms with Crippen LogP contribution >= 0.6 is 0 Å². The molecule has 1 atom stereocenters. The minimum atomic E-state index is -0.590. The Morgan fingerprint density at radius 2 is 2.06 bits per heavy atom. The average molecular weight is 219 g/mol. The maximum absolute atomic E-state index is 11.7. The van der Waals surface area contributed by atoms with E-state index in [0.717, 1.165) is 5.56 Å². The molecular formula is C12H13NO3. The molecule has 0 saturated carbocycles. The van der Waals surface area contributed by atoms with Crippen LogP contribution in [-0.4, -0.2) is 30.4 Å². The number of carbonyl (C=O) groups is 2. The molecule has 4 heteroatoms. The third-order valence-corrected chi connectivity index (χ3v) is 2.74. The summed E-state index contributed by atoms with van der Waals surface area (Å²) in [4.78, 5) is 24.6. The minimum Gasteiger partial charge on any atom is -0.467 e. The van der Waals surface area contributed by atoms with Gasteiger partial charge in [-0.2, -0.15) is 0 Å². The molecule has 1 amide bonds. The number of ether oxygens (including phenoxy) is 1. The first-order valence-corrected chi connectivity index (χ1v) is 5.16. The summed E-state index contributed by atoms with van der Waals surface area (Å²) in [6.07, 6.45) is 0.514. The van der Waals surface area contributed by atoms with Gasteiger partial charge in [-0.3, -0.25) is 4.79 Å². The van der Waals surface area contributed by atoms with Gasteiger partial charge in [0.2, 0.25) is 5.91 Å². The summed E-state index contributed by atoms with van der Waals surface area (Å²) < 4.78 is 4.74. The number of hydrogen-bond donors (Lipinski definition) is 0. The predicted molar refractivity (Wildman–Crippen MR) is 57.5 cm³/mol. The lowest BCUT2D eigenvalue weighted by Crippen LogP contribution is -2.48. The van der Waals surface area contributed by atoms with Crippen molar-refractivity contribution in [3.05, 3.63) is 35.9 Å². The van der Waals surface area contributed by atoms with E-state index >= 15 is 0 Å². The molecule has 1 saturated heterocycles. The minimum absolute atomic E-state index is 0.000692. The normalized spacial score (nSPS) is 16.6. The highest BCUT2D eigenvalue weighted by molar-refractivity contribution is 5.89. The van der Waals surface area contributed by atoms with Crippen LogP contribution in [0.25, 0.3) is 0 Å². The standard InChI is InChI=1S/C12H13NO3/c1-16-12(15)11(13-8-7-10(13)14)9-5-3-2-4-6-9/h2-6,11H,7-8H2,1H3. The molecule has 16 heavy (non-hydrogen) atoms. The monoisotopic (exact) mass is 219 g/mol. The van der Waals surface area contributed by atoms with Crippen LogP contribution in [0, 0.1) is 0 Å². The maximum Gasteiger partial charge on any atom is 0.333 e. The van der Waals surface area contributed by atoms with Crippen LogP contribution in [0.4, 0.5) is 0 Å². The Hall–Kier alpha value is -1.84. The molecule has 2 rings (SSSR count). The molecule has 0 radical (unpaired) electrons. The number of carbonyl (C=O) groups excluding carboxylic acids is 2. The van der Waals surface area contributed by atoms with Gasteiger partial charge < -0.3 is 9.64 Å². The van der Waals surface area contributed by atoms with Crippen molar-refractivity contribution in [1.82, 2.24) is 4.90 Å². The Balaban J connectivity index is 2.28. The molecular weight excluding hydrogens is 206 g/mol. The van der Waals surface area contributed by atoms with E-state index in [-0.39, 0.29) is 11.9 Å². The topological polar surface area (TPSA) is 46.6 Å². The van der Waals surface area contributed by atoms with Gasteiger partial charge in [0.15, 0.2) is 6.04 Å². The van der Waals surface area contributed by atoms with E-state index in [1.807, 2.05) is 30.3 Å². The van der Waals surface area contributed by atoms with Gasteiger partial charge in [0.25, 0.3) is 0 Å². The maximum atomic E-state index is 11.7. The quantitative estimate of drug-likeness (QED) is 0.565. The Morgan fingerprint density at radius 3 is 2.50 bits per heavy atom. The number of methoxy groups -OCH3 is 1. The number of esters is 1. The van der Waals surface area contributed by atoms with Gasteiger partial charge >= 0.3 is 5.97 Å². The molecule has 1 aliphatic rings. The second-order valence-corrected chi connectivity index (χ2v) is 3.67. The van der Waals surface area contributed by atoms with E-state index in [1.165, 1.54) is 7.11 Å². The predicted octanol–water partition coefficient (Wildman–Crippen LogP) is 1.13. The fraction of sp³-hybridized carbons (Fsp3) is 0.333. The summed E-state index contributed by atoms with van der Waals surface area (Å²) in [6, 6.07) is 8.62. The number of likely N-dealkylation sites (tertiary alicyclic amines) is 1. The highest BCUT2D eigenvalue weighted by Crippen LogP contribution is 2.27. The molecule has 0 N–H and O–H groups in total. The zero-order chi connectivity index (χ0) is 11.5. The van der Waals surface area contributed by atoms with Gasteiger partial charge in [-0.05, 0) is 5.56 Å². The largest absolute Gasteiger partial charge is 0.467 e. The van der Waals surface area contributed by atoms with Gasteiger partial charge in [0.1, 0.15) is 0 Å². The molecule has 0 aromatic heterocycles. The third-order valence-electron chi connectivity index (χ3n) is 2.74. The summed E-state index contributed by atoms with van der Waals surface area (Å²) >= 11 is 0. The fourth-order valence-corrected chi connectivity index (χ4v) is 1.80. The van der Waals surface area contributed by atoms with Crippen molar-refractivity contribution < 1.29 is 14.3 Å². The highest BCUT2D eigenvalue weighted by atomic mass is 16.5. The molecule has 1 heterocycles. The van der Waals surface area contributed by atoms with Crippen LogP contribution in [0.15, 0.2) is 30.3 Å². The molecule has 0 aliphatic carbocycles. The van der Waals surface area contributed by atoms with Crippen LogP contribution < -0.4 is 0 Å². The highest BCUT2D eigenvalue weighted by Gasteiger charge is 2.37. The van der Waals surface area contributed by atoms with E-state index in [9.17, 15) is 9.59 Å². The van der Waals surface area contributed by atoms with Crippen LogP contribution in [0.2, 0.25) is 0 Å². The Labute approximate surface area is 93.8 Å². The Kier molecular flexibility index (Phi) is 2.90. The summed E-state index contributed by atoms with van der Waals surface area (Å²) in [5, 5.41) is 0. The average Bonchev–Trinajstić information content (AvgIpc) is 2.34. The summed E-state index contributed by atoms with van der Waals surface area (Å²) in [6.45, 7) is 0.619. The second kappa shape index (κ2) is 4.35. The SMILES string of the molecule is COC(=O)C(c1ccccc1)N1CCC1=O. The van der Waals surface area contributed by atoms with E-state index < -0.39 is 6.04 Å². The van der Waals surface area contributed by atoms with Crippen LogP contribution in [0.5, 0.6) is 0 Å². The van der Waals surface area contributed by atoms with E-state index in [2.05, 4.69) is 0 Å². The molecule has 4 nitrogen and oxygen atoms in total. The summed E-state index contributed by atoms with van der Waals surface area (Å²) in [5.74, 6) is -0.390. The first-order valence-electron chi connectivity index (χ1n) is 5.16. The van der Waals surface area contributed by atoms with Crippen LogP contribution in [-0.2, 0) is 14.3 Å². The first-order chi connectivity index (χ1) is 7.74. The van der Waals surface area contributed by atoms with Crippen molar-refractivity contribution >= 4 is 11.9 Å². The Bertz CT molecular complexity index is 402. The van der Waals surface area contributed by atoms with Crippen molar-refractivity contribution in [2.75, 3.05) is 13.7 Å². The molecule has 0 bridgehead atoms. The molecule has 1 fully saturated rings. The molecule has 1 aliphatic heterocycles. The zero-order valence-electron chi connectivity index (χ0n) is 9.05. The van der Waals surface area contributed by atoms with Gasteiger partial charge in [0.05, 0.1) is 7.11 Å².